The Morgan fingerprint density at radius 3 is 2.52 bits per heavy atom. The van der Waals surface area contributed by atoms with Gasteiger partial charge in [-0.15, -0.1) is 0 Å². The number of anilines is 1. The predicted octanol–water partition coefficient (Wildman–Crippen LogP) is 2.85. The summed E-state index contributed by atoms with van der Waals surface area (Å²) in [5.74, 6) is 1.26. The number of rotatable bonds is 8. The lowest BCUT2D eigenvalue weighted by Gasteiger charge is -2.27. The van der Waals surface area contributed by atoms with Gasteiger partial charge in [0.2, 0.25) is 5.91 Å². The number of carbonyl (C=O) groups is 1. The topological polar surface area (TPSA) is 94.2 Å². The molecule has 3 aromatic carbocycles. The summed E-state index contributed by atoms with van der Waals surface area (Å²) in [5, 5.41) is 2.75. The number of carbonyl (C=O) groups excluding carboxylic acids is 1. The van der Waals surface area contributed by atoms with E-state index in [-0.39, 0.29) is 24.2 Å². The van der Waals surface area contributed by atoms with Crippen molar-refractivity contribution in [2.24, 2.45) is 0 Å². The van der Waals surface area contributed by atoms with Gasteiger partial charge in [-0.25, -0.2) is 8.42 Å². The van der Waals surface area contributed by atoms with Crippen molar-refractivity contribution < 1.29 is 27.4 Å². The van der Waals surface area contributed by atoms with E-state index in [0.29, 0.717) is 22.9 Å². The number of fused-ring (bicyclic) bond motifs is 1. The predicted molar refractivity (Wildman–Crippen MR) is 123 cm³/mol. The van der Waals surface area contributed by atoms with Crippen LogP contribution in [0.1, 0.15) is 0 Å². The van der Waals surface area contributed by atoms with Crippen molar-refractivity contribution in [3.05, 3.63) is 78.9 Å². The van der Waals surface area contributed by atoms with Crippen molar-refractivity contribution in [2.45, 2.75) is 11.0 Å². The average Bonchev–Trinajstić information content (AvgIpc) is 2.86. The van der Waals surface area contributed by atoms with Gasteiger partial charge in [0.1, 0.15) is 25.0 Å². The molecule has 1 N–H and O–H groups in total. The Kier molecular flexibility index (Phi) is 6.69. The highest BCUT2D eigenvalue weighted by Gasteiger charge is 2.28. The molecule has 0 fully saturated rings. The van der Waals surface area contributed by atoms with E-state index < -0.39 is 22.5 Å². The first-order valence-electron chi connectivity index (χ1n) is 10.3. The van der Waals surface area contributed by atoms with Crippen LogP contribution in [0.5, 0.6) is 17.2 Å². The molecule has 1 aliphatic rings. The number of nitrogens with one attached hydrogen (secondary N) is 1. The first-order valence-corrected chi connectivity index (χ1v) is 11.8. The summed E-state index contributed by atoms with van der Waals surface area (Å²) in [4.78, 5) is 12.9. The molecule has 0 aliphatic carbocycles. The summed E-state index contributed by atoms with van der Waals surface area (Å²) in [6.45, 7) is 0.0399. The number of ether oxygens (including phenoxy) is 3. The zero-order chi connectivity index (χ0) is 23.3. The summed E-state index contributed by atoms with van der Waals surface area (Å²) in [7, 11) is -2.50. The van der Waals surface area contributed by atoms with E-state index in [2.05, 4.69) is 5.32 Å². The molecule has 1 amide bonds. The Hall–Kier alpha value is -3.72. The maximum atomic E-state index is 13.4. The summed E-state index contributed by atoms with van der Waals surface area (Å²) in [6, 6.07) is 21.8. The second kappa shape index (κ2) is 9.83. The van der Waals surface area contributed by atoms with Crippen LogP contribution in [0.25, 0.3) is 0 Å². The standard InChI is InChI=1S/C24H24N2O6S/c1-30-19-9-7-8-18(14-19)26(33(28,29)21-10-3-2-4-11-21)16-24(27)25-15-20-17-31-22-12-5-6-13-23(22)32-20/h2-14,20H,15-17H2,1H3,(H,25,27)/t20-/m0/s1. The summed E-state index contributed by atoms with van der Waals surface area (Å²) >= 11 is 0. The zero-order valence-corrected chi connectivity index (χ0v) is 18.8. The van der Waals surface area contributed by atoms with Crippen LogP contribution in [-0.2, 0) is 14.8 Å². The van der Waals surface area contributed by atoms with Crippen LogP contribution in [0.3, 0.4) is 0 Å². The first kappa shape index (κ1) is 22.5. The normalized spacial score (nSPS) is 14.9. The molecule has 0 bridgehead atoms. The minimum Gasteiger partial charge on any atom is -0.497 e. The van der Waals surface area contributed by atoms with Crippen LogP contribution in [0.4, 0.5) is 5.69 Å². The van der Waals surface area contributed by atoms with Crippen LogP contribution < -0.4 is 23.8 Å². The van der Waals surface area contributed by atoms with E-state index in [9.17, 15) is 13.2 Å². The van der Waals surface area contributed by atoms with E-state index >= 15 is 0 Å². The van der Waals surface area contributed by atoms with E-state index in [1.165, 1.54) is 19.2 Å². The number of methoxy groups -OCH3 is 1. The first-order chi connectivity index (χ1) is 16.0. The number of sulfonamides is 1. The largest absolute Gasteiger partial charge is 0.497 e. The van der Waals surface area contributed by atoms with Crippen LogP contribution >= 0.6 is 0 Å². The second-order valence-corrected chi connectivity index (χ2v) is 9.19. The minimum absolute atomic E-state index is 0.0845. The lowest BCUT2D eigenvalue weighted by atomic mass is 10.2. The minimum atomic E-state index is -4.00. The van der Waals surface area contributed by atoms with Crippen LogP contribution in [0.15, 0.2) is 83.8 Å². The van der Waals surface area contributed by atoms with Gasteiger partial charge in [0.15, 0.2) is 11.5 Å². The Morgan fingerprint density at radius 1 is 1.03 bits per heavy atom. The van der Waals surface area contributed by atoms with Gasteiger partial charge in [0.05, 0.1) is 24.2 Å². The lowest BCUT2D eigenvalue weighted by molar-refractivity contribution is -0.120. The van der Waals surface area contributed by atoms with Gasteiger partial charge in [-0.2, -0.15) is 0 Å². The summed E-state index contributed by atoms with van der Waals surface area (Å²) in [5.41, 5.74) is 0.319. The Morgan fingerprint density at radius 2 is 1.76 bits per heavy atom. The quantitative estimate of drug-likeness (QED) is 0.546. The van der Waals surface area contributed by atoms with Gasteiger partial charge in [0, 0.05) is 6.07 Å². The fourth-order valence-electron chi connectivity index (χ4n) is 3.38. The molecular weight excluding hydrogens is 444 g/mol. The van der Waals surface area contributed by atoms with Crippen molar-refractivity contribution >= 4 is 21.6 Å². The number of nitrogens with zero attached hydrogens (tertiary/aromatic N) is 1. The lowest BCUT2D eigenvalue weighted by Crippen LogP contribution is -2.45. The Labute approximate surface area is 192 Å². The number of amides is 1. The molecule has 0 unspecified atom stereocenters. The number of hydrogen-bond donors (Lipinski definition) is 1. The zero-order valence-electron chi connectivity index (χ0n) is 18.0. The van der Waals surface area contributed by atoms with E-state index in [0.717, 1.165) is 4.31 Å². The number of hydrogen-bond acceptors (Lipinski definition) is 6. The highest BCUT2D eigenvalue weighted by molar-refractivity contribution is 7.92. The van der Waals surface area contributed by atoms with Crippen molar-refractivity contribution in [1.82, 2.24) is 5.32 Å². The molecular formula is C24H24N2O6S. The maximum absolute atomic E-state index is 13.4. The average molecular weight is 469 g/mol. The Bertz CT molecular complexity index is 1220. The fraction of sp³-hybridized carbons (Fsp3) is 0.208. The van der Waals surface area contributed by atoms with Gasteiger partial charge in [-0.1, -0.05) is 36.4 Å². The van der Waals surface area contributed by atoms with Crippen LogP contribution in [0, 0.1) is 0 Å². The summed E-state index contributed by atoms with van der Waals surface area (Å²) in [6.07, 6.45) is -0.389. The molecule has 9 heteroatoms. The molecule has 3 aromatic rings. The van der Waals surface area contributed by atoms with Gasteiger partial charge >= 0.3 is 0 Å². The van der Waals surface area contributed by atoms with Gasteiger partial charge in [-0.3, -0.25) is 9.10 Å². The third kappa shape index (κ3) is 5.20. The fourth-order valence-corrected chi connectivity index (χ4v) is 4.81. The van der Waals surface area contributed by atoms with Crippen molar-refractivity contribution in [1.29, 1.82) is 0 Å². The molecule has 1 heterocycles. The second-order valence-electron chi connectivity index (χ2n) is 7.33. The maximum Gasteiger partial charge on any atom is 0.264 e. The molecule has 0 aromatic heterocycles. The molecule has 4 rings (SSSR count). The van der Waals surface area contributed by atoms with Crippen molar-refractivity contribution in [3.63, 3.8) is 0 Å². The molecule has 8 nitrogen and oxygen atoms in total. The molecule has 0 radical (unpaired) electrons. The summed E-state index contributed by atoms with van der Waals surface area (Å²) < 4.78 is 44.5. The van der Waals surface area contributed by atoms with Gasteiger partial charge in [0.25, 0.3) is 10.0 Å². The number of benzene rings is 3. The third-order valence-corrected chi connectivity index (χ3v) is 6.84. The van der Waals surface area contributed by atoms with Gasteiger partial charge in [-0.05, 0) is 36.4 Å². The Balaban J connectivity index is 1.50. The molecule has 0 saturated carbocycles. The molecule has 1 atom stereocenters. The van der Waals surface area contributed by atoms with E-state index in [1.54, 1.807) is 48.5 Å². The number of para-hydroxylation sites is 2. The molecule has 172 valence electrons. The third-order valence-electron chi connectivity index (χ3n) is 5.05. The smallest absolute Gasteiger partial charge is 0.264 e. The molecule has 33 heavy (non-hydrogen) atoms. The monoisotopic (exact) mass is 468 g/mol. The van der Waals surface area contributed by atoms with Crippen molar-refractivity contribution in [3.8, 4) is 17.2 Å². The highest BCUT2D eigenvalue weighted by Crippen LogP contribution is 2.31. The van der Waals surface area contributed by atoms with E-state index in [1.807, 2.05) is 18.2 Å². The van der Waals surface area contributed by atoms with Gasteiger partial charge < -0.3 is 19.5 Å². The molecule has 0 spiro atoms. The van der Waals surface area contributed by atoms with Crippen LogP contribution in [0.2, 0.25) is 0 Å². The van der Waals surface area contributed by atoms with Crippen molar-refractivity contribution in [2.75, 3.05) is 31.1 Å². The van der Waals surface area contributed by atoms with E-state index in [4.69, 9.17) is 14.2 Å². The molecule has 1 aliphatic heterocycles. The molecule has 0 saturated heterocycles. The SMILES string of the molecule is COc1cccc(N(CC(=O)NC[C@H]2COc3ccccc3O2)S(=O)(=O)c2ccccc2)c1. The highest BCUT2D eigenvalue weighted by atomic mass is 32.2. The van der Waals surface area contributed by atoms with Crippen LogP contribution in [-0.4, -0.2) is 47.2 Å².